The van der Waals surface area contributed by atoms with Crippen molar-refractivity contribution in [2.45, 2.75) is 236 Å². The van der Waals surface area contributed by atoms with Crippen LogP contribution in [0.4, 0.5) is 0 Å². The van der Waals surface area contributed by atoms with E-state index in [1.165, 1.54) is 38.5 Å². The van der Waals surface area contributed by atoms with Gasteiger partial charge in [0.15, 0.2) is 0 Å². The monoisotopic (exact) mass is 1000 g/mol. The van der Waals surface area contributed by atoms with Crippen molar-refractivity contribution in [2.24, 2.45) is 0 Å². The summed E-state index contributed by atoms with van der Waals surface area (Å²) >= 11 is 0. The van der Waals surface area contributed by atoms with Crippen molar-refractivity contribution >= 4 is 13.8 Å². The molecule has 0 aromatic rings. The Kier molecular flexibility index (Phi) is 43.0. The number of hydrogen-bond acceptors (Lipinski definition) is 11. The first-order valence-corrected chi connectivity index (χ1v) is 28.6. The largest absolute Gasteiger partial charge is 0.472 e. The first-order valence-electron chi connectivity index (χ1n) is 27.1. The second-order valence-corrected chi connectivity index (χ2v) is 19.7. The first kappa shape index (κ1) is 65.3. The highest BCUT2D eigenvalue weighted by atomic mass is 31.2. The molecule has 0 aromatic heterocycles. The van der Waals surface area contributed by atoms with E-state index >= 15 is 0 Å². The standard InChI is InChI=1S/C57H97O12P/c1-3-5-7-9-11-13-15-17-19-21-23-25-27-29-31-33-35-37-39-41-43-45-47-66-48-50(49-67-70(64,65)69-57-55(62)53(60)52(59)54(61)56(57)63)68-51(58)46-44-42-40-38-36-34-32-30-28-26-24-22-20-18-16-14-12-10-8-6-4-2/h5,7,11,13,16-19,22-25,28-31,50,52-57,59-63H,3-4,6,8-10,12,14-15,20-21,26-27,32-49H2,1-2H3,(H,64,65)/b7-5-,13-11-,18-16-,19-17-,24-22-,25-23-,30-28-,31-29-. The maximum absolute atomic E-state index is 12.9. The summed E-state index contributed by atoms with van der Waals surface area (Å²) in [5.41, 5.74) is 0. The summed E-state index contributed by atoms with van der Waals surface area (Å²) in [6.45, 7) is 4.09. The van der Waals surface area contributed by atoms with Gasteiger partial charge in [0.05, 0.1) is 13.2 Å². The molecule has 13 heteroatoms. The van der Waals surface area contributed by atoms with Crippen LogP contribution in [-0.2, 0) is 27.9 Å². The molecule has 6 unspecified atom stereocenters. The van der Waals surface area contributed by atoms with E-state index in [0.717, 1.165) is 128 Å². The minimum absolute atomic E-state index is 0.0985. The van der Waals surface area contributed by atoms with E-state index in [1.54, 1.807) is 0 Å². The molecule has 0 radical (unpaired) electrons. The van der Waals surface area contributed by atoms with Gasteiger partial charge in [-0.2, -0.15) is 0 Å². The Morgan fingerprint density at radius 3 is 1.29 bits per heavy atom. The fourth-order valence-corrected chi connectivity index (χ4v) is 8.66. The number of carbonyl (C=O) groups excluding carboxylic acids is 1. The van der Waals surface area contributed by atoms with Gasteiger partial charge in [0.1, 0.15) is 42.7 Å². The van der Waals surface area contributed by atoms with Crippen molar-refractivity contribution in [1.29, 1.82) is 0 Å². The summed E-state index contributed by atoms with van der Waals surface area (Å²) in [5.74, 6) is -0.498. The fourth-order valence-electron chi connectivity index (χ4n) is 7.68. The van der Waals surface area contributed by atoms with Crippen LogP contribution in [0.5, 0.6) is 0 Å². The zero-order chi connectivity index (χ0) is 51.2. The van der Waals surface area contributed by atoms with Crippen molar-refractivity contribution in [3.63, 3.8) is 0 Å². The molecule has 0 amide bonds. The van der Waals surface area contributed by atoms with Gasteiger partial charge in [0, 0.05) is 13.0 Å². The van der Waals surface area contributed by atoms with Crippen molar-refractivity contribution in [2.75, 3.05) is 19.8 Å². The Labute approximate surface area is 424 Å². The molecule has 1 saturated carbocycles. The second-order valence-electron chi connectivity index (χ2n) is 18.3. The van der Waals surface area contributed by atoms with Gasteiger partial charge in [0.25, 0.3) is 0 Å². The van der Waals surface area contributed by atoms with E-state index in [0.29, 0.717) is 13.0 Å². The average Bonchev–Trinajstić information content (AvgIpc) is 3.35. The molecule has 0 spiro atoms. The van der Waals surface area contributed by atoms with Gasteiger partial charge in [-0.15, -0.1) is 0 Å². The fraction of sp³-hybridized carbons (Fsp3) is 0.702. The lowest BCUT2D eigenvalue weighted by Gasteiger charge is -2.41. The number of allylic oxidation sites excluding steroid dienone is 16. The van der Waals surface area contributed by atoms with E-state index in [4.69, 9.17) is 18.5 Å². The van der Waals surface area contributed by atoms with Crippen molar-refractivity contribution < 1.29 is 58.3 Å². The molecule has 0 aliphatic heterocycles. The van der Waals surface area contributed by atoms with Gasteiger partial charge >= 0.3 is 13.8 Å². The minimum atomic E-state index is -5.04. The lowest BCUT2D eigenvalue weighted by atomic mass is 9.85. The molecule has 0 aromatic carbocycles. The third-order valence-electron chi connectivity index (χ3n) is 11.9. The van der Waals surface area contributed by atoms with E-state index < -0.39 is 63.1 Å². The van der Waals surface area contributed by atoms with Gasteiger partial charge in [-0.25, -0.2) is 4.57 Å². The molecule has 70 heavy (non-hydrogen) atoms. The summed E-state index contributed by atoms with van der Waals surface area (Å²) in [7, 11) is -5.04. The van der Waals surface area contributed by atoms with Crippen molar-refractivity contribution in [1.82, 2.24) is 0 Å². The Morgan fingerprint density at radius 1 is 0.471 bits per heavy atom. The SMILES string of the molecule is CC/C=C\C/C=C\C/C=C\C/C=C\C/C=C\CCCCCCCCOCC(COP(=O)(O)OC1C(O)C(O)C(O)C(O)C1O)OC(=O)CCCCCCCC/C=C\C/C=C\C/C=C\CCCCCCC. The van der Waals surface area contributed by atoms with E-state index in [2.05, 4.69) is 111 Å². The molecule has 0 saturated heterocycles. The highest BCUT2D eigenvalue weighted by molar-refractivity contribution is 7.47. The van der Waals surface area contributed by atoms with Gasteiger partial charge in [-0.05, 0) is 96.3 Å². The van der Waals surface area contributed by atoms with Crippen LogP contribution in [0.2, 0.25) is 0 Å². The van der Waals surface area contributed by atoms with Crippen molar-refractivity contribution in [3.8, 4) is 0 Å². The smallest absolute Gasteiger partial charge is 0.457 e. The Hall–Kier alpha value is -2.74. The van der Waals surface area contributed by atoms with Crippen LogP contribution >= 0.6 is 7.82 Å². The summed E-state index contributed by atoms with van der Waals surface area (Å²) in [6.07, 6.45) is 51.8. The molecule has 0 bridgehead atoms. The second kappa shape index (κ2) is 46.1. The van der Waals surface area contributed by atoms with E-state index in [1.807, 2.05) is 0 Å². The van der Waals surface area contributed by atoms with Crippen LogP contribution in [0, 0.1) is 0 Å². The highest BCUT2D eigenvalue weighted by Crippen LogP contribution is 2.47. The van der Waals surface area contributed by atoms with Gasteiger partial charge in [-0.1, -0.05) is 188 Å². The maximum atomic E-state index is 12.9. The van der Waals surface area contributed by atoms with Crippen LogP contribution in [0.1, 0.15) is 194 Å². The zero-order valence-corrected chi connectivity index (χ0v) is 44.2. The average molecular weight is 1010 g/mol. The summed E-state index contributed by atoms with van der Waals surface area (Å²) in [5, 5.41) is 50.4. The first-order chi connectivity index (χ1) is 34.0. The quantitative estimate of drug-likeness (QED) is 0.0147. The highest BCUT2D eigenvalue weighted by Gasteiger charge is 2.51. The Morgan fingerprint density at radius 2 is 0.843 bits per heavy atom. The van der Waals surface area contributed by atoms with E-state index in [-0.39, 0.29) is 13.0 Å². The number of phosphoric ester groups is 1. The minimum Gasteiger partial charge on any atom is -0.457 e. The number of unbranched alkanes of at least 4 members (excludes halogenated alkanes) is 17. The topological polar surface area (TPSA) is 192 Å². The third-order valence-corrected chi connectivity index (χ3v) is 12.9. The molecule has 6 N–H and O–H groups in total. The Bertz CT molecular complexity index is 1520. The normalized spacial score (nSPS) is 21.7. The van der Waals surface area contributed by atoms with Crippen molar-refractivity contribution in [3.05, 3.63) is 97.2 Å². The molecular formula is C57H97O12P. The van der Waals surface area contributed by atoms with Crippen LogP contribution < -0.4 is 0 Å². The molecule has 12 nitrogen and oxygen atoms in total. The van der Waals surface area contributed by atoms with Gasteiger partial charge in [-0.3, -0.25) is 13.8 Å². The molecule has 402 valence electrons. The van der Waals surface area contributed by atoms with Gasteiger partial charge in [0.2, 0.25) is 0 Å². The van der Waals surface area contributed by atoms with Crippen LogP contribution in [0.25, 0.3) is 0 Å². The molecule has 1 rings (SSSR count). The molecule has 0 heterocycles. The van der Waals surface area contributed by atoms with Crippen LogP contribution in [0.15, 0.2) is 97.2 Å². The summed E-state index contributed by atoms with van der Waals surface area (Å²) in [4.78, 5) is 23.3. The molecule has 1 aliphatic carbocycles. The number of phosphoric acid groups is 1. The predicted octanol–water partition coefficient (Wildman–Crippen LogP) is 12.6. The number of esters is 1. The summed E-state index contributed by atoms with van der Waals surface area (Å²) in [6, 6.07) is 0. The van der Waals surface area contributed by atoms with Gasteiger partial charge < -0.3 is 39.9 Å². The number of rotatable bonds is 45. The molecule has 6 atom stereocenters. The molecule has 1 aliphatic rings. The zero-order valence-electron chi connectivity index (χ0n) is 43.3. The summed E-state index contributed by atoms with van der Waals surface area (Å²) < 4.78 is 34.3. The van der Waals surface area contributed by atoms with E-state index in [9.17, 15) is 39.8 Å². The van der Waals surface area contributed by atoms with Crippen LogP contribution in [0.3, 0.4) is 0 Å². The lowest BCUT2D eigenvalue weighted by molar-refractivity contribution is -0.220. The number of aliphatic hydroxyl groups is 5. The predicted molar refractivity (Wildman–Crippen MR) is 285 cm³/mol. The maximum Gasteiger partial charge on any atom is 0.472 e. The Balaban J connectivity index is 2.36. The number of carbonyl (C=O) groups is 1. The lowest BCUT2D eigenvalue weighted by Crippen LogP contribution is -2.64. The molecular weight excluding hydrogens is 908 g/mol. The number of ether oxygens (including phenoxy) is 2. The third kappa shape index (κ3) is 37.1. The number of hydrogen-bond donors (Lipinski definition) is 6. The molecule has 1 fully saturated rings. The van der Waals surface area contributed by atoms with Crippen LogP contribution in [-0.4, -0.2) is 98.9 Å². The number of aliphatic hydroxyl groups excluding tert-OH is 5.